The number of ether oxygens (including phenoxy) is 1. The van der Waals surface area contributed by atoms with E-state index < -0.39 is 0 Å². The SMILES string of the molecule is Clc1ccc(COc2ccc(Br)cc2CNC2CC2)cc1Cl. The first kappa shape index (κ1) is 16.1. The molecule has 0 atom stereocenters. The molecule has 0 aromatic heterocycles. The van der Waals surface area contributed by atoms with Gasteiger partial charge in [0.25, 0.3) is 0 Å². The van der Waals surface area contributed by atoms with Crippen molar-refractivity contribution in [2.75, 3.05) is 0 Å². The van der Waals surface area contributed by atoms with Crippen LogP contribution in [0.4, 0.5) is 0 Å². The summed E-state index contributed by atoms with van der Waals surface area (Å²) in [6, 6.07) is 12.3. The highest BCUT2D eigenvalue weighted by Gasteiger charge is 2.20. The molecule has 116 valence electrons. The molecule has 2 nitrogen and oxygen atoms in total. The highest BCUT2D eigenvalue weighted by atomic mass is 79.9. The van der Waals surface area contributed by atoms with Crippen LogP contribution in [0, 0.1) is 0 Å². The second kappa shape index (κ2) is 7.22. The van der Waals surface area contributed by atoms with Crippen LogP contribution >= 0.6 is 39.1 Å². The molecular formula is C17H16BrCl2NO. The van der Waals surface area contributed by atoms with E-state index in [9.17, 15) is 0 Å². The largest absolute Gasteiger partial charge is 0.489 e. The van der Waals surface area contributed by atoms with Crippen LogP contribution in [0.25, 0.3) is 0 Å². The molecule has 5 heteroatoms. The summed E-state index contributed by atoms with van der Waals surface area (Å²) in [7, 11) is 0. The van der Waals surface area contributed by atoms with Gasteiger partial charge >= 0.3 is 0 Å². The third-order valence-electron chi connectivity index (χ3n) is 3.56. The zero-order chi connectivity index (χ0) is 15.5. The zero-order valence-electron chi connectivity index (χ0n) is 11.9. The smallest absolute Gasteiger partial charge is 0.124 e. The third kappa shape index (κ3) is 4.39. The molecule has 0 amide bonds. The van der Waals surface area contributed by atoms with Gasteiger partial charge in [-0.3, -0.25) is 0 Å². The van der Waals surface area contributed by atoms with Gasteiger partial charge in [0.2, 0.25) is 0 Å². The van der Waals surface area contributed by atoms with Gasteiger partial charge < -0.3 is 10.1 Å². The Labute approximate surface area is 148 Å². The van der Waals surface area contributed by atoms with E-state index in [1.54, 1.807) is 6.07 Å². The van der Waals surface area contributed by atoms with Crippen LogP contribution < -0.4 is 10.1 Å². The second-order valence-corrected chi connectivity index (χ2v) is 7.17. The molecule has 0 heterocycles. The topological polar surface area (TPSA) is 21.3 Å². The highest BCUT2D eigenvalue weighted by Crippen LogP contribution is 2.27. The average molecular weight is 401 g/mol. The van der Waals surface area contributed by atoms with Crippen LogP contribution in [0.3, 0.4) is 0 Å². The molecule has 1 saturated carbocycles. The summed E-state index contributed by atoms with van der Waals surface area (Å²) in [5.41, 5.74) is 2.15. The molecule has 1 N–H and O–H groups in total. The molecule has 0 radical (unpaired) electrons. The predicted molar refractivity (Wildman–Crippen MR) is 94.8 cm³/mol. The summed E-state index contributed by atoms with van der Waals surface area (Å²) < 4.78 is 7.02. The fourth-order valence-electron chi connectivity index (χ4n) is 2.16. The summed E-state index contributed by atoms with van der Waals surface area (Å²) in [4.78, 5) is 0. The Hall–Kier alpha value is -0.740. The minimum atomic E-state index is 0.467. The van der Waals surface area contributed by atoms with Gasteiger partial charge in [-0.2, -0.15) is 0 Å². The molecule has 3 rings (SSSR count). The summed E-state index contributed by atoms with van der Waals surface area (Å²) >= 11 is 15.5. The van der Waals surface area contributed by atoms with Crippen LogP contribution in [-0.4, -0.2) is 6.04 Å². The summed E-state index contributed by atoms with van der Waals surface area (Å²) in [5.74, 6) is 0.891. The fraction of sp³-hybridized carbons (Fsp3) is 0.294. The molecule has 0 aliphatic heterocycles. The monoisotopic (exact) mass is 399 g/mol. The van der Waals surface area contributed by atoms with Crippen molar-refractivity contribution in [2.24, 2.45) is 0 Å². The van der Waals surface area contributed by atoms with E-state index in [-0.39, 0.29) is 0 Å². The lowest BCUT2D eigenvalue weighted by molar-refractivity contribution is 0.302. The van der Waals surface area contributed by atoms with Crippen molar-refractivity contribution >= 4 is 39.1 Å². The van der Waals surface area contributed by atoms with Crippen LogP contribution in [0.15, 0.2) is 40.9 Å². The molecule has 1 aliphatic rings. The molecule has 0 bridgehead atoms. The summed E-state index contributed by atoms with van der Waals surface area (Å²) in [6.45, 7) is 1.29. The quantitative estimate of drug-likeness (QED) is 0.682. The Morgan fingerprint density at radius 1 is 1.09 bits per heavy atom. The second-order valence-electron chi connectivity index (χ2n) is 5.44. The number of benzene rings is 2. The third-order valence-corrected chi connectivity index (χ3v) is 4.79. The van der Waals surface area contributed by atoms with E-state index in [1.807, 2.05) is 24.3 Å². The van der Waals surface area contributed by atoms with E-state index in [4.69, 9.17) is 27.9 Å². The van der Waals surface area contributed by atoms with E-state index in [0.717, 1.165) is 27.9 Å². The van der Waals surface area contributed by atoms with Gasteiger partial charge in [0.1, 0.15) is 12.4 Å². The number of rotatable bonds is 6. The molecule has 1 aliphatic carbocycles. The van der Waals surface area contributed by atoms with E-state index >= 15 is 0 Å². The van der Waals surface area contributed by atoms with Gasteiger partial charge in [-0.1, -0.05) is 45.2 Å². The minimum Gasteiger partial charge on any atom is -0.489 e. The van der Waals surface area contributed by atoms with Gasteiger partial charge in [-0.25, -0.2) is 0 Å². The first-order chi connectivity index (χ1) is 10.6. The number of halogens is 3. The van der Waals surface area contributed by atoms with Crippen molar-refractivity contribution in [3.63, 3.8) is 0 Å². The molecule has 22 heavy (non-hydrogen) atoms. The van der Waals surface area contributed by atoms with Crippen LogP contribution in [-0.2, 0) is 13.2 Å². The Balaban J connectivity index is 1.68. The van der Waals surface area contributed by atoms with Crippen molar-refractivity contribution in [2.45, 2.75) is 32.0 Å². The van der Waals surface area contributed by atoms with Gasteiger partial charge in [-0.15, -0.1) is 0 Å². The normalized spacial score (nSPS) is 14.1. The van der Waals surface area contributed by atoms with Crippen LogP contribution in [0.5, 0.6) is 5.75 Å². The van der Waals surface area contributed by atoms with Crippen molar-refractivity contribution in [1.82, 2.24) is 5.32 Å². The lowest BCUT2D eigenvalue weighted by Gasteiger charge is -2.13. The van der Waals surface area contributed by atoms with Gasteiger partial charge in [0.05, 0.1) is 10.0 Å². The molecular weight excluding hydrogens is 385 g/mol. The van der Waals surface area contributed by atoms with E-state index in [0.29, 0.717) is 22.7 Å². The molecule has 0 spiro atoms. The average Bonchev–Trinajstić information content (AvgIpc) is 3.32. The van der Waals surface area contributed by atoms with E-state index in [1.165, 1.54) is 12.8 Å². The Morgan fingerprint density at radius 2 is 1.91 bits per heavy atom. The molecule has 2 aromatic rings. The zero-order valence-corrected chi connectivity index (χ0v) is 15.0. The first-order valence-electron chi connectivity index (χ1n) is 7.20. The van der Waals surface area contributed by atoms with Crippen molar-refractivity contribution < 1.29 is 4.74 Å². The summed E-state index contributed by atoms with van der Waals surface area (Å²) in [6.07, 6.45) is 2.54. The molecule has 2 aromatic carbocycles. The predicted octanol–water partition coefficient (Wildman–Crippen LogP) is 5.59. The lowest BCUT2D eigenvalue weighted by atomic mass is 10.2. The standard InChI is InChI=1S/C17H16BrCl2NO/c18-13-2-6-17(12(8-13)9-21-14-3-4-14)22-10-11-1-5-15(19)16(20)7-11/h1-2,5-8,14,21H,3-4,9-10H2. The van der Waals surface area contributed by atoms with Gasteiger partial charge in [0, 0.05) is 22.6 Å². The maximum absolute atomic E-state index is 6.04. The van der Waals surface area contributed by atoms with Crippen molar-refractivity contribution in [3.05, 3.63) is 62.0 Å². The van der Waals surface area contributed by atoms with Gasteiger partial charge in [0.15, 0.2) is 0 Å². The van der Waals surface area contributed by atoms with Gasteiger partial charge in [-0.05, 0) is 48.7 Å². The number of hydrogen-bond donors (Lipinski definition) is 1. The van der Waals surface area contributed by atoms with E-state index in [2.05, 4.69) is 27.3 Å². The Bertz CT molecular complexity index is 674. The fourth-order valence-corrected chi connectivity index (χ4v) is 2.89. The maximum Gasteiger partial charge on any atom is 0.124 e. The Kier molecular flexibility index (Phi) is 5.29. The number of nitrogens with one attached hydrogen (secondary N) is 1. The maximum atomic E-state index is 6.04. The molecule has 1 fully saturated rings. The number of hydrogen-bond acceptors (Lipinski definition) is 2. The summed E-state index contributed by atoms with van der Waals surface area (Å²) in [5, 5.41) is 4.62. The Morgan fingerprint density at radius 3 is 2.64 bits per heavy atom. The highest BCUT2D eigenvalue weighted by molar-refractivity contribution is 9.10. The lowest BCUT2D eigenvalue weighted by Crippen LogP contribution is -2.16. The van der Waals surface area contributed by atoms with Crippen LogP contribution in [0.2, 0.25) is 10.0 Å². The van der Waals surface area contributed by atoms with Crippen LogP contribution in [0.1, 0.15) is 24.0 Å². The molecule has 0 unspecified atom stereocenters. The molecule has 0 saturated heterocycles. The van der Waals surface area contributed by atoms with Crippen molar-refractivity contribution in [1.29, 1.82) is 0 Å². The minimum absolute atomic E-state index is 0.467. The van der Waals surface area contributed by atoms with Crippen molar-refractivity contribution in [3.8, 4) is 5.75 Å². The first-order valence-corrected chi connectivity index (χ1v) is 8.75.